The number of carbonyl (C=O) groups is 1. The first-order valence-electron chi connectivity index (χ1n) is 4.42. The van der Waals surface area contributed by atoms with E-state index in [2.05, 4.69) is 28.9 Å². The zero-order valence-corrected chi connectivity index (χ0v) is 9.30. The first-order valence-corrected chi connectivity index (χ1v) is 5.21. The van der Waals surface area contributed by atoms with Gasteiger partial charge in [0.25, 0.3) is 0 Å². The molecule has 0 amide bonds. The van der Waals surface area contributed by atoms with Crippen molar-refractivity contribution in [3.8, 4) is 0 Å². The Kier molecular flexibility index (Phi) is 4.16. The molecule has 1 aliphatic carbocycles. The minimum atomic E-state index is 0.738. The second-order valence-electron chi connectivity index (χ2n) is 3.23. The summed E-state index contributed by atoms with van der Waals surface area (Å²) in [6.07, 6.45) is 10.1. The maximum absolute atomic E-state index is 10.7. The number of aldehydes is 1. The van der Waals surface area contributed by atoms with Gasteiger partial charge in [-0.1, -0.05) is 33.7 Å². The molecule has 0 saturated carbocycles. The molecule has 0 aromatic carbocycles. The van der Waals surface area contributed by atoms with E-state index in [-0.39, 0.29) is 0 Å². The van der Waals surface area contributed by atoms with Gasteiger partial charge in [0.1, 0.15) is 6.29 Å². The van der Waals surface area contributed by atoms with Gasteiger partial charge in [0.05, 0.1) is 0 Å². The molecule has 0 atom stereocenters. The van der Waals surface area contributed by atoms with Crippen LogP contribution in [0.2, 0.25) is 0 Å². The molecule has 0 unspecified atom stereocenters. The highest BCUT2D eigenvalue weighted by atomic mass is 79.9. The van der Waals surface area contributed by atoms with Gasteiger partial charge in [-0.05, 0) is 32.3 Å². The summed E-state index contributed by atoms with van der Waals surface area (Å²) in [5, 5.41) is 0. The molecule has 2 heteroatoms. The molecule has 70 valence electrons. The van der Waals surface area contributed by atoms with Crippen molar-refractivity contribution < 1.29 is 4.79 Å². The molecule has 1 rings (SSSR count). The molecule has 0 saturated heterocycles. The van der Waals surface area contributed by atoms with Crippen LogP contribution in [0.15, 0.2) is 33.9 Å². The van der Waals surface area contributed by atoms with E-state index >= 15 is 0 Å². The maximum atomic E-state index is 10.7. The summed E-state index contributed by atoms with van der Waals surface area (Å²) in [7, 11) is 0. The molecule has 0 aromatic rings. The van der Waals surface area contributed by atoms with Gasteiger partial charge in [-0.15, -0.1) is 0 Å². The average Bonchev–Trinajstić information content (AvgIpc) is 2.17. The van der Waals surface area contributed by atoms with Gasteiger partial charge < -0.3 is 0 Å². The molecule has 0 N–H and O–H groups in total. The molecular formula is C11H13BrO. The predicted molar refractivity (Wildman–Crippen MR) is 58.8 cm³/mol. The fourth-order valence-electron chi connectivity index (χ4n) is 1.31. The van der Waals surface area contributed by atoms with Crippen LogP contribution in [0.25, 0.3) is 0 Å². The molecule has 0 heterocycles. The average molecular weight is 241 g/mol. The highest BCUT2D eigenvalue weighted by Gasteiger charge is 1.98. The van der Waals surface area contributed by atoms with Crippen molar-refractivity contribution in [3.63, 3.8) is 0 Å². The first-order chi connectivity index (χ1) is 6.22. The van der Waals surface area contributed by atoms with Gasteiger partial charge in [-0.3, -0.25) is 4.79 Å². The topological polar surface area (TPSA) is 17.1 Å². The lowest BCUT2D eigenvalue weighted by atomic mass is 10.1. The zero-order valence-electron chi connectivity index (χ0n) is 7.72. The van der Waals surface area contributed by atoms with Crippen molar-refractivity contribution in [2.45, 2.75) is 26.2 Å². The standard InChI is InChI=1S/C11H13BrO/c1-9-4-2-3-5-11(12)7-10(6-9)8-13/h5-8H,2-4H2,1H3/b9-6-,10-7+,11-5-. The summed E-state index contributed by atoms with van der Waals surface area (Å²) in [5.74, 6) is 0. The third-order valence-corrected chi connectivity index (χ3v) is 2.52. The summed E-state index contributed by atoms with van der Waals surface area (Å²) in [4.78, 5) is 10.7. The van der Waals surface area contributed by atoms with E-state index in [1.165, 1.54) is 5.57 Å². The Bertz CT molecular complexity index is 284. The summed E-state index contributed by atoms with van der Waals surface area (Å²) >= 11 is 3.41. The van der Waals surface area contributed by atoms with Crippen LogP contribution in [0.4, 0.5) is 0 Å². The van der Waals surface area contributed by atoms with Crippen LogP contribution in [-0.2, 0) is 4.79 Å². The second kappa shape index (κ2) is 5.18. The van der Waals surface area contributed by atoms with Crippen molar-refractivity contribution in [2.24, 2.45) is 0 Å². The number of carbonyl (C=O) groups excluding carboxylic acids is 1. The Morgan fingerprint density at radius 1 is 1.46 bits per heavy atom. The molecule has 0 bridgehead atoms. The highest BCUT2D eigenvalue weighted by molar-refractivity contribution is 9.11. The minimum absolute atomic E-state index is 0.738. The molecule has 1 aliphatic rings. The molecule has 0 radical (unpaired) electrons. The van der Waals surface area contributed by atoms with Crippen molar-refractivity contribution >= 4 is 22.2 Å². The molecule has 0 fully saturated rings. The van der Waals surface area contributed by atoms with Crippen LogP contribution in [0.1, 0.15) is 26.2 Å². The molecular weight excluding hydrogens is 228 g/mol. The van der Waals surface area contributed by atoms with Crippen LogP contribution in [0.5, 0.6) is 0 Å². The smallest absolute Gasteiger partial charge is 0.150 e. The Morgan fingerprint density at radius 3 is 2.92 bits per heavy atom. The fraction of sp³-hybridized carbons (Fsp3) is 0.364. The van der Waals surface area contributed by atoms with Crippen molar-refractivity contribution in [3.05, 3.63) is 33.9 Å². The molecule has 1 nitrogen and oxygen atoms in total. The molecule has 0 aliphatic heterocycles. The summed E-state index contributed by atoms with van der Waals surface area (Å²) in [5.41, 5.74) is 2.01. The van der Waals surface area contributed by atoms with E-state index in [0.29, 0.717) is 0 Å². The minimum Gasteiger partial charge on any atom is -0.298 e. The van der Waals surface area contributed by atoms with Gasteiger partial charge in [0.2, 0.25) is 0 Å². The van der Waals surface area contributed by atoms with E-state index in [1.54, 1.807) is 0 Å². The normalized spacial score (nSPS) is 30.8. The van der Waals surface area contributed by atoms with Crippen LogP contribution in [0, 0.1) is 0 Å². The van der Waals surface area contributed by atoms with E-state index in [1.807, 2.05) is 12.2 Å². The van der Waals surface area contributed by atoms with E-state index in [4.69, 9.17) is 0 Å². The van der Waals surface area contributed by atoms with Crippen molar-refractivity contribution in [2.75, 3.05) is 0 Å². The lowest BCUT2D eigenvalue weighted by molar-refractivity contribution is -0.104. The van der Waals surface area contributed by atoms with Crippen LogP contribution in [-0.4, -0.2) is 6.29 Å². The SMILES string of the molecule is C/C1=C/C(C=O)=C\C(Br)=C\CCC1. The summed E-state index contributed by atoms with van der Waals surface area (Å²) in [6, 6.07) is 0. The third kappa shape index (κ3) is 3.73. The van der Waals surface area contributed by atoms with Crippen LogP contribution < -0.4 is 0 Å². The van der Waals surface area contributed by atoms with Gasteiger partial charge in [-0.25, -0.2) is 0 Å². The maximum Gasteiger partial charge on any atom is 0.150 e. The lowest BCUT2D eigenvalue weighted by Gasteiger charge is -1.97. The Balaban J connectivity index is 2.95. The van der Waals surface area contributed by atoms with E-state index < -0.39 is 0 Å². The van der Waals surface area contributed by atoms with E-state index in [9.17, 15) is 4.79 Å². The fourth-order valence-corrected chi connectivity index (χ4v) is 1.80. The van der Waals surface area contributed by atoms with Crippen LogP contribution >= 0.6 is 15.9 Å². The Morgan fingerprint density at radius 2 is 2.23 bits per heavy atom. The second-order valence-corrected chi connectivity index (χ2v) is 4.15. The molecule has 0 spiro atoms. The molecule has 0 aromatic heterocycles. The number of hydrogen-bond donors (Lipinski definition) is 0. The summed E-state index contributed by atoms with van der Waals surface area (Å²) < 4.78 is 1.00. The number of rotatable bonds is 1. The number of halogens is 1. The Hall–Kier alpha value is -0.630. The zero-order chi connectivity index (χ0) is 9.68. The first kappa shape index (κ1) is 10.5. The monoisotopic (exact) mass is 240 g/mol. The Labute approximate surface area is 87.3 Å². The number of hydrogen-bond acceptors (Lipinski definition) is 1. The lowest BCUT2D eigenvalue weighted by Crippen LogP contribution is -1.82. The van der Waals surface area contributed by atoms with Gasteiger partial charge in [0.15, 0.2) is 0 Å². The van der Waals surface area contributed by atoms with Crippen LogP contribution in [0.3, 0.4) is 0 Å². The third-order valence-electron chi connectivity index (χ3n) is 1.97. The van der Waals surface area contributed by atoms with Gasteiger partial charge in [0, 0.05) is 10.1 Å². The molecule has 13 heavy (non-hydrogen) atoms. The summed E-state index contributed by atoms with van der Waals surface area (Å²) in [6.45, 7) is 2.07. The van der Waals surface area contributed by atoms with E-state index in [0.717, 1.165) is 35.6 Å². The van der Waals surface area contributed by atoms with Gasteiger partial charge in [-0.2, -0.15) is 0 Å². The largest absolute Gasteiger partial charge is 0.298 e. The van der Waals surface area contributed by atoms with Crippen molar-refractivity contribution in [1.82, 2.24) is 0 Å². The van der Waals surface area contributed by atoms with Gasteiger partial charge >= 0.3 is 0 Å². The quantitative estimate of drug-likeness (QED) is 0.642. The highest BCUT2D eigenvalue weighted by Crippen LogP contribution is 2.18. The number of allylic oxidation sites excluding steroid dienone is 6. The van der Waals surface area contributed by atoms with Crippen molar-refractivity contribution in [1.29, 1.82) is 0 Å². The predicted octanol–water partition coefficient (Wildman–Crippen LogP) is 3.52.